The SMILES string of the molecule is CC(=O)N[C@H](CC(C)C)C(=O)[O-].[K+]. The molecule has 0 aliphatic heterocycles. The molecule has 0 saturated heterocycles. The van der Waals surface area contributed by atoms with Crippen molar-refractivity contribution in [3.05, 3.63) is 0 Å². The van der Waals surface area contributed by atoms with Gasteiger partial charge in [0.1, 0.15) is 0 Å². The van der Waals surface area contributed by atoms with Crippen LogP contribution in [0.3, 0.4) is 0 Å². The molecule has 0 aliphatic carbocycles. The average Bonchev–Trinajstić information content (AvgIpc) is 1.83. The summed E-state index contributed by atoms with van der Waals surface area (Å²) in [5.74, 6) is -1.34. The van der Waals surface area contributed by atoms with Crippen LogP contribution in [0.4, 0.5) is 0 Å². The molecule has 0 aromatic heterocycles. The van der Waals surface area contributed by atoms with Crippen molar-refractivity contribution in [3.8, 4) is 0 Å². The van der Waals surface area contributed by atoms with Crippen LogP contribution in [0.1, 0.15) is 27.2 Å². The maximum Gasteiger partial charge on any atom is 1.00 e. The molecule has 0 saturated carbocycles. The van der Waals surface area contributed by atoms with Crippen molar-refractivity contribution >= 4 is 11.9 Å². The van der Waals surface area contributed by atoms with Gasteiger partial charge in [0, 0.05) is 6.92 Å². The van der Waals surface area contributed by atoms with E-state index < -0.39 is 12.0 Å². The standard InChI is InChI=1S/C8H15NO3.K/c1-5(2)4-7(8(11)12)9-6(3)10;/h5,7H,4H2,1-3H3,(H,9,10)(H,11,12);/q;+1/p-1/t7-;/m1./s1. The first-order valence-electron chi connectivity index (χ1n) is 3.91. The summed E-state index contributed by atoms with van der Waals surface area (Å²) in [5.41, 5.74) is 0. The van der Waals surface area contributed by atoms with Crippen molar-refractivity contribution in [2.45, 2.75) is 33.2 Å². The van der Waals surface area contributed by atoms with E-state index in [1.807, 2.05) is 13.8 Å². The second kappa shape index (κ2) is 7.93. The summed E-state index contributed by atoms with van der Waals surface area (Å²) in [6.07, 6.45) is 0.405. The molecule has 0 fully saturated rings. The van der Waals surface area contributed by atoms with E-state index in [4.69, 9.17) is 0 Å². The second-order valence-electron chi connectivity index (χ2n) is 3.20. The number of rotatable bonds is 4. The molecule has 0 aliphatic rings. The number of carbonyl (C=O) groups is 2. The van der Waals surface area contributed by atoms with Crippen LogP contribution < -0.4 is 61.8 Å². The van der Waals surface area contributed by atoms with Gasteiger partial charge in [0.15, 0.2) is 0 Å². The van der Waals surface area contributed by atoms with Crippen LogP contribution in [-0.4, -0.2) is 17.9 Å². The molecule has 70 valence electrons. The molecular weight excluding hydrogens is 197 g/mol. The molecule has 1 amide bonds. The quantitative estimate of drug-likeness (QED) is 0.486. The Balaban J connectivity index is 0. The molecule has 0 aromatic carbocycles. The zero-order valence-corrected chi connectivity index (χ0v) is 11.7. The zero-order chi connectivity index (χ0) is 9.72. The van der Waals surface area contributed by atoms with Crippen LogP contribution in [0, 0.1) is 5.92 Å². The summed E-state index contributed by atoms with van der Waals surface area (Å²) >= 11 is 0. The number of hydrogen-bond acceptors (Lipinski definition) is 3. The Morgan fingerprint density at radius 3 is 2.08 bits per heavy atom. The molecule has 0 unspecified atom stereocenters. The van der Waals surface area contributed by atoms with Crippen LogP contribution >= 0.6 is 0 Å². The number of carboxylic acid groups (broad SMARTS) is 1. The maximum atomic E-state index is 10.5. The zero-order valence-electron chi connectivity index (χ0n) is 8.59. The van der Waals surface area contributed by atoms with Gasteiger partial charge in [-0.05, 0) is 12.3 Å². The normalized spacial score (nSPS) is 11.7. The molecule has 5 heteroatoms. The van der Waals surface area contributed by atoms with Crippen molar-refractivity contribution < 1.29 is 66.1 Å². The van der Waals surface area contributed by atoms with Crippen molar-refractivity contribution in [2.75, 3.05) is 0 Å². The minimum absolute atomic E-state index is 0. The van der Waals surface area contributed by atoms with Gasteiger partial charge in [-0.3, -0.25) is 4.79 Å². The van der Waals surface area contributed by atoms with Gasteiger partial charge in [-0.1, -0.05) is 13.8 Å². The summed E-state index contributed by atoms with van der Waals surface area (Å²) < 4.78 is 0. The van der Waals surface area contributed by atoms with Gasteiger partial charge in [-0.2, -0.15) is 0 Å². The summed E-state index contributed by atoms with van der Waals surface area (Å²) in [7, 11) is 0. The largest absolute Gasteiger partial charge is 1.00 e. The predicted octanol–water partition coefficient (Wildman–Crippen LogP) is -3.71. The molecule has 0 heterocycles. The van der Waals surface area contributed by atoms with Crippen LogP contribution in [0.15, 0.2) is 0 Å². The molecule has 4 nitrogen and oxygen atoms in total. The molecular formula is C8H14KNO3. The van der Waals surface area contributed by atoms with Crippen LogP contribution in [0.25, 0.3) is 0 Å². The molecule has 0 spiro atoms. The number of carboxylic acids is 1. The molecule has 1 atom stereocenters. The summed E-state index contributed by atoms with van der Waals surface area (Å²) in [4.78, 5) is 21.0. The maximum absolute atomic E-state index is 10.5. The Labute approximate surface area is 121 Å². The summed E-state index contributed by atoms with van der Waals surface area (Å²) in [6, 6.07) is -0.859. The van der Waals surface area contributed by atoms with E-state index in [9.17, 15) is 14.7 Å². The number of hydrogen-bond donors (Lipinski definition) is 1. The van der Waals surface area contributed by atoms with E-state index in [1.54, 1.807) is 0 Å². The van der Waals surface area contributed by atoms with E-state index in [0.29, 0.717) is 6.42 Å². The van der Waals surface area contributed by atoms with Gasteiger partial charge in [0.25, 0.3) is 0 Å². The van der Waals surface area contributed by atoms with E-state index in [2.05, 4.69) is 5.32 Å². The number of nitrogens with one attached hydrogen (secondary N) is 1. The van der Waals surface area contributed by atoms with Gasteiger partial charge < -0.3 is 15.2 Å². The van der Waals surface area contributed by atoms with E-state index in [-0.39, 0.29) is 63.2 Å². The molecule has 0 bridgehead atoms. The Hall–Kier alpha value is 0.576. The fourth-order valence-corrected chi connectivity index (χ4v) is 0.931. The third kappa shape index (κ3) is 8.89. The fourth-order valence-electron chi connectivity index (χ4n) is 0.931. The Bertz CT molecular complexity index is 182. The minimum Gasteiger partial charge on any atom is -0.548 e. The van der Waals surface area contributed by atoms with Crippen LogP contribution in [0.5, 0.6) is 0 Å². The van der Waals surface area contributed by atoms with Crippen LogP contribution in [-0.2, 0) is 9.59 Å². The first-order chi connectivity index (χ1) is 5.43. The van der Waals surface area contributed by atoms with Crippen molar-refractivity contribution in [1.82, 2.24) is 5.32 Å². The summed E-state index contributed by atoms with van der Waals surface area (Å²) in [6.45, 7) is 5.06. The minimum atomic E-state index is -1.22. The molecule has 1 N–H and O–H groups in total. The predicted molar refractivity (Wildman–Crippen MR) is 42.1 cm³/mol. The average molecular weight is 211 g/mol. The van der Waals surface area contributed by atoms with E-state index >= 15 is 0 Å². The first-order valence-corrected chi connectivity index (χ1v) is 3.91. The van der Waals surface area contributed by atoms with Gasteiger partial charge in [0.2, 0.25) is 5.91 Å². The van der Waals surface area contributed by atoms with E-state index in [1.165, 1.54) is 6.92 Å². The van der Waals surface area contributed by atoms with Gasteiger partial charge in [-0.15, -0.1) is 0 Å². The number of aliphatic carboxylic acids is 1. The molecule has 0 rings (SSSR count). The van der Waals surface area contributed by atoms with E-state index in [0.717, 1.165) is 0 Å². The molecule has 0 radical (unpaired) electrons. The van der Waals surface area contributed by atoms with Gasteiger partial charge in [-0.25, -0.2) is 0 Å². The first kappa shape index (κ1) is 16.0. The number of amides is 1. The Morgan fingerprint density at radius 1 is 1.38 bits per heavy atom. The van der Waals surface area contributed by atoms with Crippen LogP contribution in [0.2, 0.25) is 0 Å². The van der Waals surface area contributed by atoms with Crippen molar-refractivity contribution in [1.29, 1.82) is 0 Å². The topological polar surface area (TPSA) is 69.2 Å². The Kier molecular flexibility index (Phi) is 9.78. The second-order valence-corrected chi connectivity index (χ2v) is 3.20. The summed E-state index contributed by atoms with van der Waals surface area (Å²) in [5, 5.41) is 12.8. The molecule has 13 heavy (non-hydrogen) atoms. The van der Waals surface area contributed by atoms with Gasteiger partial charge in [0.05, 0.1) is 12.0 Å². The Morgan fingerprint density at radius 2 is 1.85 bits per heavy atom. The third-order valence-corrected chi connectivity index (χ3v) is 1.37. The van der Waals surface area contributed by atoms with Gasteiger partial charge >= 0.3 is 51.4 Å². The monoisotopic (exact) mass is 211 g/mol. The third-order valence-electron chi connectivity index (χ3n) is 1.37. The number of carbonyl (C=O) groups excluding carboxylic acids is 2. The van der Waals surface area contributed by atoms with Crippen molar-refractivity contribution in [3.63, 3.8) is 0 Å². The van der Waals surface area contributed by atoms with Crippen molar-refractivity contribution in [2.24, 2.45) is 5.92 Å². The molecule has 0 aromatic rings. The fraction of sp³-hybridized carbons (Fsp3) is 0.750. The smallest absolute Gasteiger partial charge is 0.548 e.